The fraction of sp³-hybridized carbons (Fsp3) is 0.321. The van der Waals surface area contributed by atoms with Gasteiger partial charge in [0, 0.05) is 38.4 Å². The lowest BCUT2D eigenvalue weighted by Gasteiger charge is -2.37. The number of aryl methyl sites for hydroxylation is 2. The number of hydrogen-bond acceptors (Lipinski definition) is 4. The summed E-state index contributed by atoms with van der Waals surface area (Å²) in [6, 6.07) is 17.9. The normalized spacial score (nSPS) is 14.3. The molecule has 0 saturated carbocycles. The van der Waals surface area contributed by atoms with Crippen LogP contribution in [0.1, 0.15) is 22.3 Å². The van der Waals surface area contributed by atoms with E-state index < -0.39 is 10.0 Å². The highest BCUT2D eigenvalue weighted by Gasteiger charge is 2.30. The Kier molecular flexibility index (Phi) is 8.49. The Labute approximate surface area is 229 Å². The lowest BCUT2D eigenvalue weighted by Crippen LogP contribution is -2.52. The number of halogens is 2. The van der Waals surface area contributed by atoms with Crippen LogP contribution < -0.4 is 4.90 Å². The van der Waals surface area contributed by atoms with Crippen LogP contribution in [-0.2, 0) is 21.4 Å². The highest BCUT2D eigenvalue weighted by molar-refractivity contribution is 7.89. The van der Waals surface area contributed by atoms with Gasteiger partial charge in [0.2, 0.25) is 15.9 Å². The molecule has 1 amide bonds. The van der Waals surface area contributed by atoms with Crippen molar-refractivity contribution in [3.05, 3.63) is 93.0 Å². The number of sulfonamides is 1. The van der Waals surface area contributed by atoms with Gasteiger partial charge in [-0.2, -0.15) is 4.31 Å². The van der Waals surface area contributed by atoms with Crippen LogP contribution in [0.2, 0.25) is 10.0 Å². The maximum atomic E-state index is 13.6. The molecule has 3 aromatic rings. The summed E-state index contributed by atoms with van der Waals surface area (Å²) in [6.07, 6.45) is 0. The maximum absolute atomic E-state index is 13.6. The molecule has 3 aromatic carbocycles. The van der Waals surface area contributed by atoms with E-state index in [-0.39, 0.29) is 23.9 Å². The summed E-state index contributed by atoms with van der Waals surface area (Å²) >= 11 is 12.2. The first-order chi connectivity index (χ1) is 17.6. The smallest absolute Gasteiger partial charge is 0.243 e. The molecule has 1 saturated heterocycles. The number of amides is 1. The zero-order valence-electron chi connectivity index (χ0n) is 21.2. The van der Waals surface area contributed by atoms with Crippen LogP contribution >= 0.6 is 23.2 Å². The van der Waals surface area contributed by atoms with Gasteiger partial charge in [-0.15, -0.1) is 0 Å². The summed E-state index contributed by atoms with van der Waals surface area (Å²) in [4.78, 5) is 17.5. The van der Waals surface area contributed by atoms with E-state index in [4.69, 9.17) is 23.2 Å². The van der Waals surface area contributed by atoms with Crippen LogP contribution in [0.5, 0.6) is 0 Å². The first-order valence-corrected chi connectivity index (χ1v) is 14.4. The van der Waals surface area contributed by atoms with E-state index in [2.05, 4.69) is 30.9 Å². The molecule has 0 atom stereocenters. The summed E-state index contributed by atoms with van der Waals surface area (Å²) in [5.41, 5.74) is 5.25. The van der Waals surface area contributed by atoms with Crippen molar-refractivity contribution < 1.29 is 13.2 Å². The van der Waals surface area contributed by atoms with Crippen molar-refractivity contribution >= 4 is 44.8 Å². The van der Waals surface area contributed by atoms with Crippen molar-refractivity contribution in [3.63, 3.8) is 0 Å². The zero-order valence-corrected chi connectivity index (χ0v) is 23.6. The Bertz CT molecular complexity index is 1390. The largest absolute Gasteiger partial charge is 0.368 e. The molecule has 0 radical (unpaired) electrons. The van der Waals surface area contributed by atoms with Crippen LogP contribution in [0.15, 0.2) is 65.6 Å². The number of benzene rings is 3. The predicted octanol–water partition coefficient (Wildman–Crippen LogP) is 5.46. The molecule has 0 spiro atoms. The van der Waals surface area contributed by atoms with Gasteiger partial charge in [0.15, 0.2) is 0 Å². The van der Waals surface area contributed by atoms with E-state index in [0.717, 1.165) is 5.56 Å². The number of hydrogen-bond donors (Lipinski definition) is 0. The molecule has 1 fully saturated rings. The molecule has 0 bridgehead atoms. The van der Waals surface area contributed by atoms with Gasteiger partial charge < -0.3 is 9.80 Å². The molecular weight excluding hydrogens is 529 g/mol. The number of nitrogens with zero attached hydrogens (tertiary/aromatic N) is 3. The molecular formula is C28H31Cl2N3O3S. The van der Waals surface area contributed by atoms with Gasteiger partial charge in [-0.05, 0) is 67.8 Å². The summed E-state index contributed by atoms with van der Waals surface area (Å²) in [5, 5.41) is 0.719. The minimum absolute atomic E-state index is 0.00128. The fourth-order valence-corrected chi connectivity index (χ4v) is 6.15. The average Bonchev–Trinajstić information content (AvgIpc) is 2.88. The zero-order chi connectivity index (χ0) is 26.7. The van der Waals surface area contributed by atoms with Gasteiger partial charge in [0.25, 0.3) is 0 Å². The topological polar surface area (TPSA) is 60.9 Å². The first-order valence-electron chi connectivity index (χ1n) is 12.2. The molecule has 1 heterocycles. The predicted molar refractivity (Wildman–Crippen MR) is 150 cm³/mol. The van der Waals surface area contributed by atoms with Crippen molar-refractivity contribution in [1.29, 1.82) is 0 Å². The number of rotatable bonds is 7. The van der Waals surface area contributed by atoms with Gasteiger partial charge in [-0.1, -0.05) is 59.1 Å². The first kappa shape index (κ1) is 27.5. The number of carbonyl (C=O) groups excluding carboxylic acids is 1. The standard InChI is InChI=1S/C28H31Cl2N3O3S/c1-20-7-10-24(11-8-20)37(35,36)33(18-23-9-12-25(29)26(30)17-23)19-28(34)32-15-13-31(14-16-32)27-6-4-5-21(2)22(27)3/h4-12,17H,13-16,18-19H2,1-3H3. The number of anilines is 1. The van der Waals surface area contributed by atoms with Gasteiger partial charge in [0.05, 0.1) is 21.5 Å². The molecule has 6 nitrogen and oxygen atoms in total. The molecule has 0 N–H and O–H groups in total. The van der Waals surface area contributed by atoms with Gasteiger partial charge in [-0.25, -0.2) is 8.42 Å². The highest BCUT2D eigenvalue weighted by Crippen LogP contribution is 2.26. The third-order valence-electron chi connectivity index (χ3n) is 6.86. The van der Waals surface area contributed by atoms with E-state index in [9.17, 15) is 13.2 Å². The molecule has 196 valence electrons. The van der Waals surface area contributed by atoms with Gasteiger partial charge in [-0.3, -0.25) is 4.79 Å². The SMILES string of the molecule is Cc1ccc(S(=O)(=O)N(CC(=O)N2CCN(c3cccc(C)c3C)CC2)Cc2ccc(Cl)c(Cl)c2)cc1. The second-order valence-corrected chi connectivity index (χ2v) is 12.2. The van der Waals surface area contributed by atoms with Crippen molar-refractivity contribution in [3.8, 4) is 0 Å². The Balaban J connectivity index is 1.52. The summed E-state index contributed by atoms with van der Waals surface area (Å²) in [5.74, 6) is -0.226. The van der Waals surface area contributed by atoms with Crippen molar-refractivity contribution in [2.75, 3.05) is 37.6 Å². The minimum Gasteiger partial charge on any atom is -0.368 e. The molecule has 37 heavy (non-hydrogen) atoms. The Morgan fingerprint density at radius 3 is 2.22 bits per heavy atom. The highest BCUT2D eigenvalue weighted by atomic mass is 35.5. The van der Waals surface area contributed by atoms with E-state index in [1.54, 1.807) is 47.4 Å². The van der Waals surface area contributed by atoms with Crippen LogP contribution in [0.25, 0.3) is 0 Å². The van der Waals surface area contributed by atoms with Gasteiger partial charge >= 0.3 is 0 Å². The minimum atomic E-state index is -3.94. The van der Waals surface area contributed by atoms with Crippen molar-refractivity contribution in [1.82, 2.24) is 9.21 Å². The molecule has 0 aromatic heterocycles. The Morgan fingerprint density at radius 2 is 1.57 bits per heavy atom. The average molecular weight is 561 g/mol. The van der Waals surface area contributed by atoms with E-state index in [0.29, 0.717) is 41.8 Å². The maximum Gasteiger partial charge on any atom is 0.243 e. The Hall–Kier alpha value is -2.58. The molecule has 1 aliphatic rings. The molecule has 0 aliphatic carbocycles. The second-order valence-electron chi connectivity index (χ2n) is 9.42. The fourth-order valence-electron chi connectivity index (χ4n) is 4.45. The number of piperazine rings is 1. The quantitative estimate of drug-likeness (QED) is 0.385. The van der Waals surface area contributed by atoms with Crippen molar-refractivity contribution in [2.45, 2.75) is 32.2 Å². The summed E-state index contributed by atoms with van der Waals surface area (Å²) in [6.45, 7) is 8.26. The molecule has 0 unspecified atom stereocenters. The van der Waals surface area contributed by atoms with Crippen LogP contribution in [0, 0.1) is 20.8 Å². The van der Waals surface area contributed by atoms with Crippen LogP contribution in [0.4, 0.5) is 5.69 Å². The number of carbonyl (C=O) groups is 1. The third-order valence-corrected chi connectivity index (χ3v) is 9.41. The molecule has 1 aliphatic heterocycles. The van der Waals surface area contributed by atoms with E-state index in [1.165, 1.54) is 21.1 Å². The van der Waals surface area contributed by atoms with Crippen LogP contribution in [-0.4, -0.2) is 56.3 Å². The van der Waals surface area contributed by atoms with Crippen LogP contribution in [0.3, 0.4) is 0 Å². The summed E-state index contributed by atoms with van der Waals surface area (Å²) in [7, 11) is -3.94. The lowest BCUT2D eigenvalue weighted by molar-refractivity contribution is -0.131. The molecule has 4 rings (SSSR count). The summed E-state index contributed by atoms with van der Waals surface area (Å²) < 4.78 is 28.4. The monoisotopic (exact) mass is 559 g/mol. The van der Waals surface area contributed by atoms with E-state index >= 15 is 0 Å². The van der Waals surface area contributed by atoms with Gasteiger partial charge in [0.1, 0.15) is 0 Å². The van der Waals surface area contributed by atoms with E-state index in [1.807, 2.05) is 13.0 Å². The second kappa shape index (κ2) is 11.4. The molecule has 9 heteroatoms. The van der Waals surface area contributed by atoms with Crippen molar-refractivity contribution in [2.24, 2.45) is 0 Å². The lowest BCUT2D eigenvalue weighted by atomic mass is 10.1. The third kappa shape index (κ3) is 6.29. The Morgan fingerprint density at radius 1 is 0.892 bits per heavy atom.